The zero-order chi connectivity index (χ0) is 20.5. The first-order valence-electron chi connectivity index (χ1n) is 8.64. The summed E-state index contributed by atoms with van der Waals surface area (Å²) >= 11 is 0. The lowest BCUT2D eigenvalue weighted by atomic mass is 10.1. The lowest BCUT2D eigenvalue weighted by Crippen LogP contribution is -2.01. The van der Waals surface area contributed by atoms with Gasteiger partial charge in [-0.3, -0.25) is 10.1 Å². The van der Waals surface area contributed by atoms with Crippen molar-refractivity contribution in [1.82, 2.24) is 14.5 Å². The highest BCUT2D eigenvalue weighted by Gasteiger charge is 2.19. The number of nitrogens with one attached hydrogen (secondary N) is 1. The minimum absolute atomic E-state index is 0.124. The number of aryl methyl sites for hydroxylation is 1. The third-order valence-electron chi connectivity index (χ3n) is 4.52. The van der Waals surface area contributed by atoms with Gasteiger partial charge in [0.05, 0.1) is 17.7 Å². The molecule has 0 atom stereocenters. The summed E-state index contributed by atoms with van der Waals surface area (Å²) in [4.78, 5) is 19.1. The summed E-state index contributed by atoms with van der Waals surface area (Å²) in [5, 5.41) is 15.0. The average molecular weight is 393 g/mol. The Kier molecular flexibility index (Phi) is 4.55. The summed E-state index contributed by atoms with van der Waals surface area (Å²) in [7, 11) is 3.30. The third kappa shape index (κ3) is 3.33. The van der Waals surface area contributed by atoms with Gasteiger partial charge in [0.15, 0.2) is 5.82 Å². The third-order valence-corrected chi connectivity index (χ3v) is 4.52. The standard InChI is InChI=1S/C20H16FN5O3/c1-25-11-13(12-5-3-4-6-16(12)25)20-22-8-7-19(24-20)23-15-10-17(26(27)28)14(21)9-18(15)29-2/h3-11H,1-2H3,(H,22,23,24). The van der Waals surface area contributed by atoms with Crippen LogP contribution < -0.4 is 10.1 Å². The number of rotatable bonds is 5. The molecule has 146 valence electrons. The van der Waals surface area contributed by atoms with Gasteiger partial charge in [0.25, 0.3) is 0 Å². The Labute approximate surface area is 164 Å². The minimum atomic E-state index is -0.975. The first kappa shape index (κ1) is 18.4. The Hall–Kier alpha value is -4.01. The fraction of sp³-hybridized carbons (Fsp3) is 0.100. The monoisotopic (exact) mass is 393 g/mol. The second-order valence-electron chi connectivity index (χ2n) is 6.32. The quantitative estimate of drug-likeness (QED) is 0.398. The molecular formula is C20H16FN5O3. The molecule has 2 heterocycles. The van der Waals surface area contributed by atoms with E-state index in [9.17, 15) is 14.5 Å². The number of ether oxygens (including phenoxy) is 1. The van der Waals surface area contributed by atoms with Crippen LogP contribution in [0.15, 0.2) is 54.9 Å². The summed E-state index contributed by atoms with van der Waals surface area (Å²) in [5.41, 5.74) is 1.46. The van der Waals surface area contributed by atoms with E-state index in [1.807, 2.05) is 42.1 Å². The summed E-state index contributed by atoms with van der Waals surface area (Å²) < 4.78 is 21.0. The molecule has 0 bridgehead atoms. The predicted molar refractivity (Wildman–Crippen MR) is 107 cm³/mol. The number of hydrogen-bond acceptors (Lipinski definition) is 6. The van der Waals surface area contributed by atoms with Crippen LogP contribution in [0.1, 0.15) is 0 Å². The van der Waals surface area contributed by atoms with Gasteiger partial charge in [-0.05, 0) is 12.1 Å². The molecule has 2 aromatic heterocycles. The highest BCUT2D eigenvalue weighted by Crippen LogP contribution is 2.34. The SMILES string of the molecule is COc1cc(F)c([N+](=O)[O-])cc1Nc1ccnc(-c2cn(C)c3ccccc23)n1. The van der Waals surface area contributed by atoms with Gasteiger partial charge < -0.3 is 14.6 Å². The Bertz CT molecular complexity index is 1240. The van der Waals surface area contributed by atoms with Crippen LogP contribution in [0, 0.1) is 15.9 Å². The maximum atomic E-state index is 13.9. The molecule has 0 aliphatic heterocycles. The number of fused-ring (bicyclic) bond motifs is 1. The minimum Gasteiger partial charge on any atom is -0.494 e. The van der Waals surface area contributed by atoms with Crippen LogP contribution in [-0.4, -0.2) is 26.6 Å². The van der Waals surface area contributed by atoms with E-state index in [-0.39, 0.29) is 11.4 Å². The molecular weight excluding hydrogens is 377 g/mol. The highest BCUT2D eigenvalue weighted by atomic mass is 19.1. The summed E-state index contributed by atoms with van der Waals surface area (Å²) in [6, 6.07) is 11.5. The van der Waals surface area contributed by atoms with Crippen molar-refractivity contribution in [1.29, 1.82) is 0 Å². The van der Waals surface area contributed by atoms with E-state index < -0.39 is 16.4 Å². The number of halogens is 1. The van der Waals surface area contributed by atoms with E-state index in [0.717, 1.165) is 28.6 Å². The molecule has 2 aromatic carbocycles. The van der Waals surface area contributed by atoms with Gasteiger partial charge in [0, 0.05) is 48.0 Å². The maximum absolute atomic E-state index is 13.9. The van der Waals surface area contributed by atoms with Crippen LogP contribution in [0.25, 0.3) is 22.3 Å². The van der Waals surface area contributed by atoms with Gasteiger partial charge in [-0.15, -0.1) is 0 Å². The van der Waals surface area contributed by atoms with Gasteiger partial charge >= 0.3 is 5.69 Å². The zero-order valence-electron chi connectivity index (χ0n) is 15.6. The smallest absolute Gasteiger partial charge is 0.307 e. The molecule has 0 fully saturated rings. The lowest BCUT2D eigenvalue weighted by Gasteiger charge is -2.11. The van der Waals surface area contributed by atoms with Crippen molar-refractivity contribution in [2.45, 2.75) is 0 Å². The molecule has 0 saturated heterocycles. The molecule has 0 aliphatic carbocycles. The molecule has 0 aliphatic rings. The van der Waals surface area contributed by atoms with Crippen molar-refractivity contribution in [3.05, 3.63) is 70.8 Å². The molecule has 0 radical (unpaired) electrons. The number of para-hydroxylation sites is 1. The van der Waals surface area contributed by atoms with Gasteiger partial charge in [-0.2, -0.15) is 4.39 Å². The Morgan fingerprint density at radius 2 is 2.03 bits per heavy atom. The molecule has 4 rings (SSSR count). The second-order valence-corrected chi connectivity index (χ2v) is 6.32. The number of nitro groups is 1. The maximum Gasteiger partial charge on any atom is 0.307 e. The molecule has 0 spiro atoms. The molecule has 0 saturated carbocycles. The summed E-state index contributed by atoms with van der Waals surface area (Å²) in [5.74, 6) is 0.0273. The number of hydrogen-bond donors (Lipinski definition) is 1. The van der Waals surface area contributed by atoms with Gasteiger partial charge in [0.2, 0.25) is 5.82 Å². The van der Waals surface area contributed by atoms with E-state index in [2.05, 4.69) is 15.3 Å². The molecule has 1 N–H and O–H groups in total. The number of methoxy groups -OCH3 is 1. The van der Waals surface area contributed by atoms with Crippen LogP contribution >= 0.6 is 0 Å². The summed E-state index contributed by atoms with van der Waals surface area (Å²) in [6.45, 7) is 0. The van der Waals surface area contributed by atoms with Crippen LogP contribution in [0.5, 0.6) is 5.75 Å². The van der Waals surface area contributed by atoms with Crippen molar-refractivity contribution in [2.75, 3.05) is 12.4 Å². The Morgan fingerprint density at radius 1 is 1.24 bits per heavy atom. The molecule has 0 unspecified atom stereocenters. The molecule has 0 amide bonds. The molecule has 4 aromatic rings. The van der Waals surface area contributed by atoms with Crippen LogP contribution in [0.2, 0.25) is 0 Å². The highest BCUT2D eigenvalue weighted by molar-refractivity contribution is 5.94. The zero-order valence-corrected chi connectivity index (χ0v) is 15.6. The van der Waals surface area contributed by atoms with Gasteiger partial charge in [-0.1, -0.05) is 18.2 Å². The molecule has 29 heavy (non-hydrogen) atoms. The van der Waals surface area contributed by atoms with Crippen LogP contribution in [0.3, 0.4) is 0 Å². The molecule has 9 heteroatoms. The van der Waals surface area contributed by atoms with Crippen molar-refractivity contribution in [3.8, 4) is 17.1 Å². The first-order chi connectivity index (χ1) is 14.0. The Balaban J connectivity index is 1.75. The topological polar surface area (TPSA) is 95.1 Å². The van der Waals surface area contributed by atoms with Crippen molar-refractivity contribution >= 4 is 28.1 Å². The van der Waals surface area contributed by atoms with Crippen LogP contribution in [0.4, 0.5) is 21.6 Å². The predicted octanol–water partition coefficient (Wildman–Crippen LogP) is 4.43. The van der Waals surface area contributed by atoms with Gasteiger partial charge in [-0.25, -0.2) is 9.97 Å². The largest absolute Gasteiger partial charge is 0.494 e. The fourth-order valence-corrected chi connectivity index (χ4v) is 3.17. The number of nitrogens with zero attached hydrogens (tertiary/aromatic N) is 4. The van der Waals surface area contributed by atoms with Crippen LogP contribution in [-0.2, 0) is 7.05 Å². The number of aromatic nitrogens is 3. The van der Waals surface area contributed by atoms with Gasteiger partial charge in [0.1, 0.15) is 11.6 Å². The number of nitro benzene ring substituents is 1. The lowest BCUT2D eigenvalue weighted by molar-refractivity contribution is -0.387. The van der Waals surface area contributed by atoms with Crippen molar-refractivity contribution in [2.24, 2.45) is 7.05 Å². The van der Waals surface area contributed by atoms with E-state index in [1.165, 1.54) is 7.11 Å². The Morgan fingerprint density at radius 3 is 2.79 bits per heavy atom. The fourth-order valence-electron chi connectivity index (χ4n) is 3.17. The normalized spacial score (nSPS) is 10.9. The number of benzene rings is 2. The second kappa shape index (κ2) is 7.19. The average Bonchev–Trinajstić information content (AvgIpc) is 3.06. The van der Waals surface area contributed by atoms with Crippen molar-refractivity contribution < 1.29 is 14.1 Å². The van der Waals surface area contributed by atoms with E-state index in [0.29, 0.717) is 11.6 Å². The molecule has 8 nitrogen and oxygen atoms in total. The number of anilines is 2. The summed E-state index contributed by atoms with van der Waals surface area (Å²) in [6.07, 6.45) is 3.52. The van der Waals surface area contributed by atoms with E-state index in [1.54, 1.807) is 12.3 Å². The van der Waals surface area contributed by atoms with E-state index >= 15 is 0 Å². The first-order valence-corrected chi connectivity index (χ1v) is 8.64. The van der Waals surface area contributed by atoms with Crippen molar-refractivity contribution in [3.63, 3.8) is 0 Å². The van der Waals surface area contributed by atoms with E-state index in [4.69, 9.17) is 4.74 Å².